The van der Waals surface area contributed by atoms with Gasteiger partial charge in [-0.1, -0.05) is 13.3 Å². The Balaban J connectivity index is 2.18. The lowest BCUT2D eigenvalue weighted by atomic mass is 9.94. The zero-order valence-electron chi connectivity index (χ0n) is 12.7. The number of rotatable bonds is 4. The third-order valence-corrected chi connectivity index (χ3v) is 5.10. The van der Waals surface area contributed by atoms with Crippen LogP contribution >= 0.6 is 0 Å². The molecule has 0 radical (unpaired) electrons. The van der Waals surface area contributed by atoms with E-state index in [1.807, 2.05) is 20.8 Å². The summed E-state index contributed by atoms with van der Waals surface area (Å²) < 4.78 is 0. The summed E-state index contributed by atoms with van der Waals surface area (Å²) in [6, 6.07) is -0.556. The first-order valence-corrected chi connectivity index (χ1v) is 7.81. The third kappa shape index (κ3) is 2.50. The van der Waals surface area contributed by atoms with Gasteiger partial charge in [-0.05, 0) is 44.9 Å². The van der Waals surface area contributed by atoms with Crippen molar-refractivity contribution in [1.29, 1.82) is 0 Å². The Bertz CT molecular complexity index is 385. The van der Waals surface area contributed by atoms with Gasteiger partial charge < -0.3 is 14.9 Å². The van der Waals surface area contributed by atoms with Crippen LogP contribution in [0.15, 0.2) is 0 Å². The van der Waals surface area contributed by atoms with Crippen LogP contribution in [0.5, 0.6) is 0 Å². The summed E-state index contributed by atoms with van der Waals surface area (Å²) in [5.41, 5.74) is 0. The van der Waals surface area contributed by atoms with Crippen LogP contribution in [0.4, 0.5) is 4.79 Å². The van der Waals surface area contributed by atoms with Gasteiger partial charge in [-0.25, -0.2) is 9.59 Å². The summed E-state index contributed by atoms with van der Waals surface area (Å²) in [6.07, 6.45) is 4.00. The lowest BCUT2D eigenvalue weighted by molar-refractivity contribution is -0.142. The van der Waals surface area contributed by atoms with Crippen LogP contribution in [0.25, 0.3) is 0 Å². The van der Waals surface area contributed by atoms with E-state index in [0.29, 0.717) is 19.0 Å². The second-order valence-corrected chi connectivity index (χ2v) is 6.12. The monoisotopic (exact) mass is 282 g/mol. The van der Waals surface area contributed by atoms with E-state index >= 15 is 0 Å². The van der Waals surface area contributed by atoms with E-state index in [9.17, 15) is 14.7 Å². The lowest BCUT2D eigenvalue weighted by Crippen LogP contribution is -2.51. The summed E-state index contributed by atoms with van der Waals surface area (Å²) in [6.45, 7) is 7.28. The van der Waals surface area contributed by atoms with E-state index in [2.05, 4.69) is 0 Å². The van der Waals surface area contributed by atoms with Crippen molar-refractivity contribution in [2.75, 3.05) is 13.1 Å². The Morgan fingerprint density at radius 3 is 2.60 bits per heavy atom. The minimum atomic E-state index is -0.840. The van der Waals surface area contributed by atoms with Crippen molar-refractivity contribution in [3.63, 3.8) is 0 Å². The highest BCUT2D eigenvalue weighted by atomic mass is 16.4. The Hall–Kier alpha value is -1.26. The normalized spacial score (nSPS) is 30.1. The van der Waals surface area contributed by atoms with E-state index in [-0.39, 0.29) is 18.0 Å². The predicted octanol–water partition coefficient (Wildman–Crippen LogP) is 2.41. The SMILES string of the molecule is CCC(C)N(CC)C(=O)N1CC2CCCC2C1C(=O)O. The van der Waals surface area contributed by atoms with Crippen LogP contribution in [0, 0.1) is 11.8 Å². The highest BCUT2D eigenvalue weighted by Crippen LogP contribution is 2.42. The molecule has 1 N–H and O–H groups in total. The van der Waals surface area contributed by atoms with Gasteiger partial charge in [-0.15, -0.1) is 0 Å². The molecule has 1 heterocycles. The fraction of sp³-hybridized carbons (Fsp3) is 0.867. The maximum atomic E-state index is 12.7. The standard InChI is InChI=1S/C15H26N2O3/c1-4-10(3)16(5-2)15(20)17-9-11-7-6-8-12(11)13(17)14(18)19/h10-13H,4-9H2,1-3H3,(H,18,19). The second kappa shape index (κ2) is 6.02. The van der Waals surface area contributed by atoms with E-state index in [1.54, 1.807) is 9.80 Å². The minimum absolute atomic E-state index is 0.0938. The van der Waals surface area contributed by atoms with E-state index in [1.165, 1.54) is 0 Å². The number of hydrogen-bond donors (Lipinski definition) is 1. The largest absolute Gasteiger partial charge is 0.480 e. The van der Waals surface area contributed by atoms with Gasteiger partial charge >= 0.3 is 12.0 Å². The van der Waals surface area contributed by atoms with Crippen LogP contribution in [-0.4, -0.2) is 52.1 Å². The molecule has 4 unspecified atom stereocenters. The number of urea groups is 1. The molecule has 2 rings (SSSR count). The smallest absolute Gasteiger partial charge is 0.326 e. The number of likely N-dealkylation sites (tertiary alicyclic amines) is 1. The summed E-state index contributed by atoms with van der Waals surface area (Å²) >= 11 is 0. The number of fused-ring (bicyclic) bond motifs is 1. The van der Waals surface area contributed by atoms with Gasteiger partial charge in [0.1, 0.15) is 6.04 Å². The number of carbonyl (C=O) groups excluding carboxylic acids is 1. The average molecular weight is 282 g/mol. The third-order valence-electron chi connectivity index (χ3n) is 5.10. The minimum Gasteiger partial charge on any atom is -0.480 e. The maximum Gasteiger partial charge on any atom is 0.326 e. The van der Waals surface area contributed by atoms with Gasteiger partial charge in [-0.3, -0.25) is 0 Å². The van der Waals surface area contributed by atoms with Crippen molar-refractivity contribution in [3.05, 3.63) is 0 Å². The van der Waals surface area contributed by atoms with Crippen LogP contribution in [-0.2, 0) is 4.79 Å². The summed E-state index contributed by atoms with van der Waals surface area (Å²) in [4.78, 5) is 27.7. The van der Waals surface area contributed by atoms with Gasteiger partial charge in [0.15, 0.2) is 0 Å². The zero-order chi connectivity index (χ0) is 14.9. The molecule has 4 atom stereocenters. The fourth-order valence-electron chi connectivity index (χ4n) is 3.84. The maximum absolute atomic E-state index is 12.7. The second-order valence-electron chi connectivity index (χ2n) is 6.12. The zero-order valence-corrected chi connectivity index (χ0v) is 12.7. The fourth-order valence-corrected chi connectivity index (χ4v) is 3.84. The molecule has 2 fully saturated rings. The molecule has 0 spiro atoms. The van der Waals surface area contributed by atoms with Crippen molar-refractivity contribution in [3.8, 4) is 0 Å². The Kier molecular flexibility index (Phi) is 4.55. The van der Waals surface area contributed by atoms with Crippen LogP contribution in [0.2, 0.25) is 0 Å². The first-order chi connectivity index (χ1) is 9.51. The number of carboxylic acid groups (broad SMARTS) is 1. The predicted molar refractivity (Wildman–Crippen MR) is 76.5 cm³/mol. The highest BCUT2D eigenvalue weighted by molar-refractivity contribution is 5.84. The molecular weight excluding hydrogens is 256 g/mol. The summed E-state index contributed by atoms with van der Waals surface area (Å²) in [5, 5.41) is 9.52. The van der Waals surface area contributed by atoms with Crippen molar-refractivity contribution in [2.24, 2.45) is 11.8 Å². The molecular formula is C15H26N2O3. The summed E-state index contributed by atoms with van der Waals surface area (Å²) in [5.74, 6) is -0.296. The van der Waals surface area contributed by atoms with Gasteiger partial charge in [-0.2, -0.15) is 0 Å². The van der Waals surface area contributed by atoms with Crippen molar-refractivity contribution in [2.45, 2.75) is 58.5 Å². The van der Waals surface area contributed by atoms with Crippen molar-refractivity contribution < 1.29 is 14.7 Å². The number of hydrogen-bond acceptors (Lipinski definition) is 2. The molecule has 20 heavy (non-hydrogen) atoms. The Morgan fingerprint density at radius 2 is 2.05 bits per heavy atom. The lowest BCUT2D eigenvalue weighted by Gasteiger charge is -2.34. The molecule has 0 aromatic heterocycles. The molecule has 0 aromatic carbocycles. The van der Waals surface area contributed by atoms with Gasteiger partial charge in [0.05, 0.1) is 0 Å². The van der Waals surface area contributed by atoms with Crippen LogP contribution in [0.3, 0.4) is 0 Å². The molecule has 2 amide bonds. The first kappa shape index (κ1) is 15.1. The number of carboxylic acids is 1. The molecule has 1 saturated carbocycles. The summed E-state index contributed by atoms with van der Waals surface area (Å²) in [7, 11) is 0. The molecule has 2 aliphatic rings. The highest BCUT2D eigenvalue weighted by Gasteiger charge is 2.50. The van der Waals surface area contributed by atoms with Crippen LogP contribution < -0.4 is 0 Å². The number of nitrogens with zero attached hydrogens (tertiary/aromatic N) is 2. The van der Waals surface area contributed by atoms with Crippen molar-refractivity contribution >= 4 is 12.0 Å². The molecule has 0 aromatic rings. The first-order valence-electron chi connectivity index (χ1n) is 7.81. The molecule has 5 heteroatoms. The van der Waals surface area contributed by atoms with Gasteiger partial charge in [0, 0.05) is 19.1 Å². The Labute approximate surface area is 120 Å². The molecule has 1 aliphatic heterocycles. The van der Waals surface area contributed by atoms with E-state index in [0.717, 1.165) is 25.7 Å². The van der Waals surface area contributed by atoms with Crippen LogP contribution in [0.1, 0.15) is 46.5 Å². The molecule has 0 bridgehead atoms. The number of amides is 2. The quantitative estimate of drug-likeness (QED) is 0.861. The van der Waals surface area contributed by atoms with Gasteiger partial charge in [0.2, 0.25) is 0 Å². The van der Waals surface area contributed by atoms with E-state index < -0.39 is 12.0 Å². The number of carbonyl (C=O) groups is 2. The number of aliphatic carboxylic acids is 1. The molecule has 1 aliphatic carbocycles. The molecule has 1 saturated heterocycles. The molecule has 5 nitrogen and oxygen atoms in total. The molecule has 114 valence electrons. The van der Waals surface area contributed by atoms with E-state index in [4.69, 9.17) is 0 Å². The van der Waals surface area contributed by atoms with Gasteiger partial charge in [0.25, 0.3) is 0 Å². The average Bonchev–Trinajstić information content (AvgIpc) is 2.98. The van der Waals surface area contributed by atoms with Crippen molar-refractivity contribution in [1.82, 2.24) is 9.80 Å². The Morgan fingerprint density at radius 1 is 1.35 bits per heavy atom. The topological polar surface area (TPSA) is 60.9 Å².